The molecule has 0 N–H and O–H groups in total. The third-order valence-corrected chi connectivity index (χ3v) is 3.90. The molecule has 0 fully saturated rings. The Morgan fingerprint density at radius 2 is 1.83 bits per heavy atom. The van der Waals surface area contributed by atoms with Crippen LogP contribution in [0.5, 0.6) is 0 Å². The van der Waals surface area contributed by atoms with Gasteiger partial charge in [0, 0.05) is 6.42 Å². The van der Waals surface area contributed by atoms with E-state index in [9.17, 15) is 9.36 Å². The van der Waals surface area contributed by atoms with Crippen LogP contribution in [0.25, 0.3) is 0 Å². The van der Waals surface area contributed by atoms with E-state index in [0.717, 1.165) is 6.42 Å². The first-order valence-electron chi connectivity index (χ1n) is 6.05. The van der Waals surface area contributed by atoms with Crippen molar-refractivity contribution in [2.45, 2.75) is 33.1 Å². The minimum Gasteiger partial charge on any atom is -0.465 e. The van der Waals surface area contributed by atoms with E-state index in [4.69, 9.17) is 20.2 Å². The van der Waals surface area contributed by atoms with Gasteiger partial charge in [0.25, 0.3) is 0 Å². The Morgan fingerprint density at radius 3 is 2.33 bits per heavy atom. The molecule has 6 heteroatoms. The van der Waals surface area contributed by atoms with E-state index in [2.05, 4.69) is 5.92 Å². The molecule has 104 valence electrons. The maximum Gasteiger partial charge on any atom is 0.341 e. The number of hydrogen-bond donors (Lipinski definition) is 0. The van der Waals surface area contributed by atoms with Crippen molar-refractivity contribution in [3.63, 3.8) is 0 Å². The van der Waals surface area contributed by atoms with E-state index >= 15 is 0 Å². The van der Waals surface area contributed by atoms with Gasteiger partial charge in [-0.3, -0.25) is 9.36 Å². The highest BCUT2D eigenvalue weighted by molar-refractivity contribution is 7.54. The zero-order valence-corrected chi connectivity index (χ0v) is 11.9. The summed E-state index contributed by atoms with van der Waals surface area (Å²) in [5.74, 6) is 1.93. The molecular weight excluding hydrogens is 255 g/mol. The van der Waals surface area contributed by atoms with Crippen LogP contribution in [-0.2, 0) is 23.1 Å². The minimum atomic E-state index is -3.34. The summed E-state index contributed by atoms with van der Waals surface area (Å²) in [7, 11) is -3.34. The Hall–Kier alpha value is -0.820. The molecule has 0 aromatic carbocycles. The Balaban J connectivity index is 3.96. The molecular formula is C12H21O5P. The highest BCUT2D eigenvalue weighted by atomic mass is 31.2. The molecule has 0 radical (unpaired) electrons. The van der Waals surface area contributed by atoms with Crippen LogP contribution in [0.15, 0.2) is 0 Å². The van der Waals surface area contributed by atoms with Crippen LogP contribution in [0.2, 0.25) is 0 Å². The van der Waals surface area contributed by atoms with Gasteiger partial charge in [-0.2, -0.15) is 0 Å². The average molecular weight is 276 g/mol. The van der Waals surface area contributed by atoms with Crippen molar-refractivity contribution in [1.29, 1.82) is 0 Å². The molecule has 0 aliphatic carbocycles. The maximum atomic E-state index is 12.0. The Morgan fingerprint density at radius 1 is 1.22 bits per heavy atom. The van der Waals surface area contributed by atoms with Gasteiger partial charge >= 0.3 is 13.6 Å². The number of carbonyl (C=O) groups is 1. The normalized spacial score (nSPS) is 10.9. The second kappa shape index (κ2) is 10.1. The van der Waals surface area contributed by atoms with Gasteiger partial charge in [0.1, 0.15) is 6.16 Å². The Kier molecular flexibility index (Phi) is 9.67. The van der Waals surface area contributed by atoms with Gasteiger partial charge in [-0.05, 0) is 26.7 Å². The molecule has 0 spiro atoms. The van der Waals surface area contributed by atoms with Crippen molar-refractivity contribution in [1.82, 2.24) is 0 Å². The van der Waals surface area contributed by atoms with Crippen molar-refractivity contribution in [2.75, 3.05) is 26.0 Å². The summed E-state index contributed by atoms with van der Waals surface area (Å²) >= 11 is 0. The molecule has 0 aliphatic rings. The van der Waals surface area contributed by atoms with Gasteiger partial charge in [-0.25, -0.2) is 0 Å². The van der Waals surface area contributed by atoms with E-state index in [0.29, 0.717) is 12.8 Å². The molecule has 0 rings (SSSR count). The minimum absolute atomic E-state index is 0.229. The Labute approximate surface area is 109 Å². The second-order valence-electron chi connectivity index (χ2n) is 3.49. The zero-order valence-electron chi connectivity index (χ0n) is 11.0. The maximum absolute atomic E-state index is 12.0. The molecule has 18 heavy (non-hydrogen) atoms. The highest BCUT2D eigenvalue weighted by Crippen LogP contribution is 2.47. The number of rotatable bonds is 10. The number of hydrogen-bond acceptors (Lipinski definition) is 5. The topological polar surface area (TPSA) is 61.8 Å². The first-order chi connectivity index (χ1) is 8.58. The van der Waals surface area contributed by atoms with Crippen molar-refractivity contribution in [2.24, 2.45) is 0 Å². The van der Waals surface area contributed by atoms with E-state index in [1.807, 2.05) is 0 Å². The summed E-state index contributed by atoms with van der Waals surface area (Å²) in [6.45, 7) is 4.12. The lowest BCUT2D eigenvalue weighted by Gasteiger charge is -2.15. The fraction of sp³-hybridized carbons (Fsp3) is 0.750. The third kappa shape index (κ3) is 8.30. The SMILES string of the molecule is C#CCCCCOC(=O)CP(=O)(OCC)OCC. The van der Waals surface area contributed by atoms with E-state index < -0.39 is 13.6 Å². The monoisotopic (exact) mass is 276 g/mol. The highest BCUT2D eigenvalue weighted by Gasteiger charge is 2.28. The van der Waals surface area contributed by atoms with E-state index in [1.165, 1.54) is 0 Å². The second-order valence-corrected chi connectivity index (χ2v) is 5.54. The number of ether oxygens (including phenoxy) is 1. The quantitative estimate of drug-likeness (QED) is 0.265. The lowest BCUT2D eigenvalue weighted by Crippen LogP contribution is -2.14. The van der Waals surface area contributed by atoms with Gasteiger partial charge in [0.05, 0.1) is 19.8 Å². The van der Waals surface area contributed by atoms with Crippen LogP contribution in [0.3, 0.4) is 0 Å². The van der Waals surface area contributed by atoms with Gasteiger partial charge in [-0.15, -0.1) is 12.3 Å². The first-order valence-corrected chi connectivity index (χ1v) is 7.78. The van der Waals surface area contributed by atoms with Gasteiger partial charge in [0.15, 0.2) is 0 Å². The molecule has 5 nitrogen and oxygen atoms in total. The molecule has 0 amide bonds. The number of unbranched alkanes of at least 4 members (excludes halogenated alkanes) is 2. The predicted molar refractivity (Wildman–Crippen MR) is 69.4 cm³/mol. The van der Waals surface area contributed by atoms with Gasteiger partial charge in [0.2, 0.25) is 0 Å². The molecule has 0 saturated heterocycles. The van der Waals surface area contributed by atoms with Crippen LogP contribution >= 0.6 is 7.60 Å². The lowest BCUT2D eigenvalue weighted by molar-refractivity contribution is -0.140. The van der Waals surface area contributed by atoms with E-state index in [-0.39, 0.29) is 26.0 Å². The molecule has 0 atom stereocenters. The van der Waals surface area contributed by atoms with Crippen molar-refractivity contribution < 1.29 is 23.1 Å². The summed E-state index contributed by atoms with van der Waals surface area (Å²) < 4.78 is 26.9. The zero-order chi connectivity index (χ0) is 13.9. The van der Waals surface area contributed by atoms with Crippen LogP contribution < -0.4 is 0 Å². The van der Waals surface area contributed by atoms with Gasteiger partial charge in [-0.1, -0.05) is 0 Å². The van der Waals surface area contributed by atoms with Gasteiger partial charge < -0.3 is 13.8 Å². The molecule has 0 bridgehead atoms. The fourth-order valence-electron chi connectivity index (χ4n) is 1.24. The van der Waals surface area contributed by atoms with Crippen LogP contribution in [-0.4, -0.2) is 32.0 Å². The van der Waals surface area contributed by atoms with Crippen molar-refractivity contribution >= 4 is 13.6 Å². The van der Waals surface area contributed by atoms with Crippen molar-refractivity contribution in [3.05, 3.63) is 0 Å². The summed E-state index contributed by atoms with van der Waals surface area (Å²) in [6.07, 6.45) is 6.91. The number of terminal acetylenes is 1. The Bertz CT molecular complexity index is 311. The average Bonchev–Trinajstić information content (AvgIpc) is 2.29. The molecule has 0 saturated carbocycles. The summed E-state index contributed by atoms with van der Waals surface area (Å²) in [5, 5.41) is 0. The lowest BCUT2D eigenvalue weighted by atomic mass is 10.2. The molecule has 0 heterocycles. The predicted octanol–water partition coefficient (Wildman–Crippen LogP) is 2.60. The molecule has 0 aromatic rings. The van der Waals surface area contributed by atoms with Crippen LogP contribution in [0.1, 0.15) is 33.1 Å². The standard InChI is InChI=1S/C12H21O5P/c1-4-7-8-9-10-15-12(13)11-18(14,16-5-2)17-6-3/h1H,5-11H2,2-3H3. The summed E-state index contributed by atoms with van der Waals surface area (Å²) in [4.78, 5) is 11.4. The molecule has 0 unspecified atom stereocenters. The van der Waals surface area contributed by atoms with Crippen molar-refractivity contribution in [3.8, 4) is 12.3 Å². The largest absolute Gasteiger partial charge is 0.465 e. The number of carbonyl (C=O) groups excluding carboxylic acids is 1. The fourth-order valence-corrected chi connectivity index (χ4v) is 2.69. The smallest absolute Gasteiger partial charge is 0.341 e. The first kappa shape index (κ1) is 17.2. The third-order valence-electron chi connectivity index (χ3n) is 1.95. The molecule has 0 aliphatic heterocycles. The summed E-state index contributed by atoms with van der Waals surface area (Å²) in [6, 6.07) is 0. The van der Waals surface area contributed by atoms with Crippen LogP contribution in [0.4, 0.5) is 0 Å². The van der Waals surface area contributed by atoms with Crippen LogP contribution in [0, 0.1) is 12.3 Å². The summed E-state index contributed by atoms with van der Waals surface area (Å²) in [5.41, 5.74) is 0. The number of esters is 1. The van der Waals surface area contributed by atoms with E-state index in [1.54, 1.807) is 13.8 Å². The molecule has 0 aromatic heterocycles.